The first-order valence-corrected chi connectivity index (χ1v) is 9.38. The van der Waals surface area contributed by atoms with Crippen molar-refractivity contribution < 1.29 is 24.2 Å². The van der Waals surface area contributed by atoms with E-state index < -0.39 is 11.9 Å². The highest BCUT2D eigenvalue weighted by Gasteiger charge is 2.32. The van der Waals surface area contributed by atoms with Crippen molar-refractivity contribution in [3.05, 3.63) is 65.4 Å². The number of phenols is 1. The number of phenolic OH excluding ortho intramolecular Hbond substituents is 1. The van der Waals surface area contributed by atoms with E-state index in [2.05, 4.69) is 5.10 Å². The van der Waals surface area contributed by atoms with Crippen molar-refractivity contribution in [2.45, 2.75) is 26.2 Å². The van der Waals surface area contributed by atoms with Crippen LogP contribution in [0.25, 0.3) is 16.9 Å². The van der Waals surface area contributed by atoms with Gasteiger partial charge in [-0.3, -0.25) is 0 Å². The summed E-state index contributed by atoms with van der Waals surface area (Å²) in [6.45, 7) is 6.10. The summed E-state index contributed by atoms with van der Waals surface area (Å²) in [7, 11) is 2.45. The van der Waals surface area contributed by atoms with E-state index in [0.29, 0.717) is 11.3 Å². The van der Waals surface area contributed by atoms with Crippen LogP contribution in [0.1, 0.15) is 47.2 Å². The Morgan fingerprint density at radius 1 is 0.967 bits per heavy atom. The van der Waals surface area contributed by atoms with E-state index in [1.54, 1.807) is 36.4 Å². The molecule has 1 heterocycles. The van der Waals surface area contributed by atoms with Gasteiger partial charge < -0.3 is 14.6 Å². The molecule has 0 fully saturated rings. The first-order valence-electron chi connectivity index (χ1n) is 9.38. The number of carbonyl (C=O) groups is 2. The van der Waals surface area contributed by atoms with Crippen LogP contribution in [0.4, 0.5) is 0 Å². The quantitative estimate of drug-likeness (QED) is 0.653. The van der Waals surface area contributed by atoms with Crippen LogP contribution in [0.3, 0.4) is 0 Å². The van der Waals surface area contributed by atoms with Crippen molar-refractivity contribution in [2.24, 2.45) is 0 Å². The van der Waals surface area contributed by atoms with Crippen LogP contribution in [-0.4, -0.2) is 41.0 Å². The summed E-state index contributed by atoms with van der Waals surface area (Å²) in [5.41, 5.74) is 1.58. The molecule has 0 aliphatic carbocycles. The Labute approximate surface area is 174 Å². The largest absolute Gasteiger partial charge is 0.507 e. The number of carbonyl (C=O) groups excluding carboxylic acids is 2. The Hall–Kier alpha value is -3.61. The summed E-state index contributed by atoms with van der Waals surface area (Å²) >= 11 is 0. The highest BCUT2D eigenvalue weighted by molar-refractivity contribution is 6.07. The van der Waals surface area contributed by atoms with Crippen molar-refractivity contribution in [3.8, 4) is 22.7 Å². The summed E-state index contributed by atoms with van der Waals surface area (Å²) in [6, 6.07) is 14.0. The third-order valence-corrected chi connectivity index (χ3v) is 4.77. The maximum absolute atomic E-state index is 12.7. The lowest BCUT2D eigenvalue weighted by molar-refractivity contribution is 0.0549. The van der Waals surface area contributed by atoms with Crippen LogP contribution < -0.4 is 0 Å². The molecule has 0 spiro atoms. The molecule has 7 heteroatoms. The maximum Gasteiger partial charge on any atom is 0.357 e. The lowest BCUT2D eigenvalue weighted by Gasteiger charge is -2.20. The van der Waals surface area contributed by atoms with E-state index in [-0.39, 0.29) is 28.1 Å². The molecular formula is C23H24N2O5. The Morgan fingerprint density at radius 3 is 2.17 bits per heavy atom. The molecular weight excluding hydrogens is 384 g/mol. The molecule has 0 radical (unpaired) electrons. The first-order chi connectivity index (χ1) is 14.2. The summed E-state index contributed by atoms with van der Waals surface area (Å²) < 4.78 is 11.2. The molecule has 0 aliphatic heterocycles. The van der Waals surface area contributed by atoms with Gasteiger partial charge in [0.1, 0.15) is 17.0 Å². The molecule has 0 atom stereocenters. The normalized spacial score (nSPS) is 11.2. The molecule has 156 valence electrons. The maximum atomic E-state index is 12.7. The zero-order chi connectivity index (χ0) is 22.1. The fourth-order valence-corrected chi connectivity index (χ4v) is 3.14. The fraction of sp³-hybridized carbons (Fsp3) is 0.261. The third kappa shape index (κ3) is 3.78. The number of hydrogen-bond acceptors (Lipinski definition) is 6. The number of benzene rings is 2. The van der Waals surface area contributed by atoms with Gasteiger partial charge >= 0.3 is 11.9 Å². The number of aromatic nitrogens is 2. The third-order valence-electron chi connectivity index (χ3n) is 4.77. The average molecular weight is 408 g/mol. The van der Waals surface area contributed by atoms with E-state index in [1.165, 1.54) is 18.9 Å². The Balaban J connectivity index is 2.40. The minimum Gasteiger partial charge on any atom is -0.507 e. The minimum absolute atomic E-state index is 0.0673. The van der Waals surface area contributed by atoms with Crippen molar-refractivity contribution in [2.75, 3.05) is 14.2 Å². The van der Waals surface area contributed by atoms with Gasteiger partial charge in [0.2, 0.25) is 0 Å². The lowest BCUT2D eigenvalue weighted by Crippen LogP contribution is -2.15. The topological polar surface area (TPSA) is 90.6 Å². The second-order valence-corrected chi connectivity index (χ2v) is 7.78. The zero-order valence-corrected chi connectivity index (χ0v) is 17.6. The number of hydrogen-bond donors (Lipinski definition) is 1. The molecule has 0 saturated carbocycles. The average Bonchev–Trinajstić information content (AvgIpc) is 3.13. The van der Waals surface area contributed by atoms with Gasteiger partial charge in [0.25, 0.3) is 0 Å². The van der Waals surface area contributed by atoms with Crippen molar-refractivity contribution in [3.63, 3.8) is 0 Å². The molecule has 0 amide bonds. The van der Waals surface area contributed by atoms with Crippen molar-refractivity contribution in [1.82, 2.24) is 9.78 Å². The van der Waals surface area contributed by atoms with E-state index in [4.69, 9.17) is 9.47 Å². The fourth-order valence-electron chi connectivity index (χ4n) is 3.14. The van der Waals surface area contributed by atoms with Gasteiger partial charge in [-0.2, -0.15) is 5.10 Å². The summed E-state index contributed by atoms with van der Waals surface area (Å²) in [5.74, 6) is -1.57. The molecule has 2 aromatic carbocycles. The zero-order valence-electron chi connectivity index (χ0n) is 17.6. The molecule has 0 aliphatic rings. The monoisotopic (exact) mass is 408 g/mol. The predicted octanol–water partition coefficient (Wildman–Crippen LogP) is 4.12. The standard InChI is InChI=1S/C23H24N2O5/c1-23(2,3)14-11-12-17(26)16(13-14)19-18(21(27)29-4)20(22(28)30-5)25(24-19)15-9-7-6-8-10-15/h6-13,26H,1-5H3. The van der Waals surface area contributed by atoms with Gasteiger partial charge in [-0.05, 0) is 35.2 Å². The van der Waals surface area contributed by atoms with Crippen LogP contribution in [0.2, 0.25) is 0 Å². The predicted molar refractivity (Wildman–Crippen MR) is 112 cm³/mol. The lowest BCUT2D eigenvalue weighted by atomic mass is 9.85. The summed E-state index contributed by atoms with van der Waals surface area (Å²) in [4.78, 5) is 25.4. The SMILES string of the molecule is COC(=O)c1c(-c2cc(C(C)(C)C)ccc2O)nn(-c2ccccc2)c1C(=O)OC. The van der Waals surface area contributed by atoms with Gasteiger partial charge in [-0.1, -0.05) is 45.0 Å². The molecule has 0 bridgehead atoms. The Kier molecular flexibility index (Phi) is 5.64. The van der Waals surface area contributed by atoms with E-state index >= 15 is 0 Å². The molecule has 0 saturated heterocycles. The van der Waals surface area contributed by atoms with Crippen LogP contribution >= 0.6 is 0 Å². The highest BCUT2D eigenvalue weighted by atomic mass is 16.5. The van der Waals surface area contributed by atoms with Crippen LogP contribution in [0, 0.1) is 0 Å². The number of aromatic hydroxyl groups is 1. The molecule has 0 unspecified atom stereocenters. The molecule has 3 rings (SSSR count). The number of para-hydroxylation sites is 1. The van der Waals surface area contributed by atoms with E-state index in [0.717, 1.165) is 5.56 Å². The first kappa shape index (κ1) is 21.1. The van der Waals surface area contributed by atoms with Gasteiger partial charge in [-0.25, -0.2) is 14.3 Å². The summed E-state index contributed by atoms with van der Waals surface area (Å²) in [5, 5.41) is 15.1. The molecule has 7 nitrogen and oxygen atoms in total. The number of esters is 2. The minimum atomic E-state index is -0.756. The van der Waals surface area contributed by atoms with Gasteiger partial charge in [0.05, 0.1) is 19.9 Å². The van der Waals surface area contributed by atoms with E-state index in [9.17, 15) is 14.7 Å². The summed E-state index contributed by atoms with van der Waals surface area (Å²) in [6.07, 6.45) is 0. The smallest absolute Gasteiger partial charge is 0.357 e. The van der Waals surface area contributed by atoms with Crippen LogP contribution in [-0.2, 0) is 14.9 Å². The van der Waals surface area contributed by atoms with Gasteiger partial charge in [-0.15, -0.1) is 0 Å². The van der Waals surface area contributed by atoms with Crippen molar-refractivity contribution >= 4 is 11.9 Å². The second-order valence-electron chi connectivity index (χ2n) is 7.78. The van der Waals surface area contributed by atoms with Gasteiger partial charge in [0, 0.05) is 5.56 Å². The number of nitrogens with zero attached hydrogens (tertiary/aromatic N) is 2. The number of methoxy groups -OCH3 is 2. The van der Waals surface area contributed by atoms with Crippen LogP contribution in [0.5, 0.6) is 5.75 Å². The highest BCUT2D eigenvalue weighted by Crippen LogP contribution is 2.37. The second kappa shape index (κ2) is 8.02. The molecule has 1 N–H and O–H groups in total. The Bertz CT molecular complexity index is 1090. The Morgan fingerprint density at radius 2 is 1.60 bits per heavy atom. The van der Waals surface area contributed by atoms with Crippen molar-refractivity contribution in [1.29, 1.82) is 0 Å². The molecule has 1 aromatic heterocycles. The van der Waals surface area contributed by atoms with E-state index in [1.807, 2.05) is 32.9 Å². The molecule has 30 heavy (non-hydrogen) atoms. The van der Waals surface area contributed by atoms with Gasteiger partial charge in [0.15, 0.2) is 5.69 Å². The number of rotatable bonds is 4. The molecule has 3 aromatic rings. The number of ether oxygens (including phenoxy) is 2. The van der Waals surface area contributed by atoms with Crippen LogP contribution in [0.15, 0.2) is 48.5 Å².